The minimum Gasteiger partial charge on any atom is -0.468 e. The predicted octanol–water partition coefficient (Wildman–Crippen LogP) is 3.00. The summed E-state index contributed by atoms with van der Waals surface area (Å²) in [6.45, 7) is 2.61. The van der Waals surface area contributed by atoms with Crippen molar-refractivity contribution in [1.29, 1.82) is 0 Å². The van der Waals surface area contributed by atoms with Crippen LogP contribution in [0.4, 0.5) is 0 Å². The maximum Gasteiger partial charge on any atom is 0.252 e. The SMILES string of the molecule is O=C(NCC(c1ccco1)N1CCCC1)c1cncc(Br)c1. The summed E-state index contributed by atoms with van der Waals surface area (Å²) in [5.41, 5.74) is 0.550. The number of nitrogens with one attached hydrogen (secondary N) is 1. The minimum absolute atomic E-state index is 0.0848. The zero-order valence-electron chi connectivity index (χ0n) is 12.2. The molecule has 0 bridgehead atoms. The first kappa shape index (κ1) is 15.2. The standard InChI is InChI=1S/C16H18BrN3O2/c17-13-8-12(9-18-10-13)16(21)19-11-14(15-4-3-7-22-15)20-5-1-2-6-20/h3-4,7-10,14H,1-2,5-6,11H2,(H,19,21). The number of likely N-dealkylation sites (tertiary alicyclic amines) is 1. The molecule has 22 heavy (non-hydrogen) atoms. The summed E-state index contributed by atoms with van der Waals surface area (Å²) in [5.74, 6) is 0.777. The smallest absolute Gasteiger partial charge is 0.252 e. The van der Waals surface area contributed by atoms with Gasteiger partial charge in [-0.25, -0.2) is 0 Å². The number of carbonyl (C=O) groups excluding carboxylic acids is 1. The average Bonchev–Trinajstić information content (AvgIpc) is 3.21. The highest BCUT2D eigenvalue weighted by molar-refractivity contribution is 9.10. The van der Waals surface area contributed by atoms with Crippen LogP contribution < -0.4 is 5.32 Å². The highest BCUT2D eigenvalue weighted by Gasteiger charge is 2.26. The van der Waals surface area contributed by atoms with E-state index < -0.39 is 0 Å². The lowest BCUT2D eigenvalue weighted by molar-refractivity contribution is 0.0933. The van der Waals surface area contributed by atoms with Crippen molar-refractivity contribution in [3.05, 3.63) is 52.7 Å². The van der Waals surface area contributed by atoms with Crippen LogP contribution in [-0.4, -0.2) is 35.4 Å². The van der Waals surface area contributed by atoms with E-state index in [0.717, 1.165) is 23.3 Å². The molecule has 1 N–H and O–H groups in total. The fourth-order valence-corrected chi connectivity index (χ4v) is 3.14. The molecule has 0 spiro atoms. The van der Waals surface area contributed by atoms with Crippen LogP contribution in [0.3, 0.4) is 0 Å². The van der Waals surface area contributed by atoms with Gasteiger partial charge >= 0.3 is 0 Å². The number of hydrogen-bond donors (Lipinski definition) is 1. The number of amides is 1. The molecule has 3 heterocycles. The van der Waals surface area contributed by atoms with Crippen molar-refractivity contribution in [2.75, 3.05) is 19.6 Å². The van der Waals surface area contributed by atoms with E-state index >= 15 is 0 Å². The Kier molecular flexibility index (Phi) is 4.90. The summed E-state index contributed by atoms with van der Waals surface area (Å²) in [6.07, 6.45) is 7.30. The molecule has 1 aliphatic rings. The van der Waals surface area contributed by atoms with Crippen LogP contribution in [0.2, 0.25) is 0 Å². The fourth-order valence-electron chi connectivity index (χ4n) is 2.77. The van der Waals surface area contributed by atoms with Crippen LogP contribution in [0.25, 0.3) is 0 Å². The number of furan rings is 1. The topological polar surface area (TPSA) is 58.4 Å². The minimum atomic E-state index is -0.121. The molecule has 0 aromatic carbocycles. The lowest BCUT2D eigenvalue weighted by atomic mass is 10.2. The maximum absolute atomic E-state index is 12.3. The highest BCUT2D eigenvalue weighted by Crippen LogP contribution is 2.25. The first-order chi connectivity index (χ1) is 10.7. The van der Waals surface area contributed by atoms with Gasteiger partial charge in [0.15, 0.2) is 0 Å². The molecule has 1 atom stereocenters. The van der Waals surface area contributed by atoms with Gasteiger partial charge < -0.3 is 9.73 Å². The molecular formula is C16H18BrN3O2. The van der Waals surface area contributed by atoms with Crippen molar-refractivity contribution in [2.45, 2.75) is 18.9 Å². The van der Waals surface area contributed by atoms with E-state index in [1.807, 2.05) is 12.1 Å². The van der Waals surface area contributed by atoms with Crippen LogP contribution in [0.1, 0.15) is 35.0 Å². The summed E-state index contributed by atoms with van der Waals surface area (Å²) < 4.78 is 6.35. The molecule has 0 aliphatic carbocycles. The van der Waals surface area contributed by atoms with Crippen molar-refractivity contribution in [2.24, 2.45) is 0 Å². The summed E-state index contributed by atoms with van der Waals surface area (Å²) in [7, 11) is 0. The third-order valence-corrected chi connectivity index (χ3v) is 4.31. The maximum atomic E-state index is 12.3. The lowest BCUT2D eigenvalue weighted by Crippen LogP contribution is -2.36. The van der Waals surface area contributed by atoms with Crippen LogP contribution in [0.15, 0.2) is 45.7 Å². The summed E-state index contributed by atoms with van der Waals surface area (Å²) in [6, 6.07) is 5.70. The van der Waals surface area contributed by atoms with Crippen molar-refractivity contribution in [3.63, 3.8) is 0 Å². The molecule has 1 unspecified atom stereocenters. The molecule has 6 heteroatoms. The number of carbonyl (C=O) groups is 1. The number of halogens is 1. The molecule has 2 aromatic heterocycles. The van der Waals surface area contributed by atoms with E-state index in [4.69, 9.17) is 4.42 Å². The van der Waals surface area contributed by atoms with Gasteiger partial charge in [-0.1, -0.05) is 0 Å². The summed E-state index contributed by atoms with van der Waals surface area (Å²) in [5, 5.41) is 2.99. The van der Waals surface area contributed by atoms with Gasteiger partial charge in [0.05, 0.1) is 17.9 Å². The summed E-state index contributed by atoms with van der Waals surface area (Å²) in [4.78, 5) is 18.6. The molecule has 0 saturated carbocycles. The Hall–Kier alpha value is -1.66. The second-order valence-electron chi connectivity index (χ2n) is 5.38. The zero-order valence-corrected chi connectivity index (χ0v) is 13.8. The van der Waals surface area contributed by atoms with Gasteiger partial charge in [0, 0.05) is 23.4 Å². The van der Waals surface area contributed by atoms with Gasteiger partial charge in [0.25, 0.3) is 5.91 Å². The Labute approximate surface area is 137 Å². The monoisotopic (exact) mass is 363 g/mol. The molecule has 1 aliphatic heterocycles. The van der Waals surface area contributed by atoms with E-state index in [0.29, 0.717) is 12.1 Å². The predicted molar refractivity (Wildman–Crippen MR) is 86.5 cm³/mol. The molecule has 5 nitrogen and oxygen atoms in total. The Morgan fingerprint density at radius 1 is 1.41 bits per heavy atom. The Bertz CT molecular complexity index is 624. The van der Waals surface area contributed by atoms with Gasteiger partial charge in [-0.2, -0.15) is 0 Å². The van der Waals surface area contributed by atoms with Gasteiger partial charge in [-0.05, 0) is 60.1 Å². The van der Waals surface area contributed by atoms with Crippen LogP contribution in [0.5, 0.6) is 0 Å². The van der Waals surface area contributed by atoms with Crippen LogP contribution in [0, 0.1) is 0 Å². The fraction of sp³-hybridized carbons (Fsp3) is 0.375. The Balaban J connectivity index is 1.67. The molecule has 1 fully saturated rings. The van der Waals surface area contributed by atoms with E-state index in [2.05, 4.69) is 31.1 Å². The second kappa shape index (κ2) is 7.07. The molecular weight excluding hydrogens is 346 g/mol. The molecule has 1 saturated heterocycles. The van der Waals surface area contributed by atoms with Crippen molar-refractivity contribution < 1.29 is 9.21 Å². The summed E-state index contributed by atoms with van der Waals surface area (Å²) >= 11 is 3.33. The Morgan fingerprint density at radius 2 is 2.23 bits per heavy atom. The van der Waals surface area contributed by atoms with E-state index in [1.54, 1.807) is 24.7 Å². The third kappa shape index (κ3) is 3.56. The third-order valence-electron chi connectivity index (χ3n) is 3.88. The second-order valence-corrected chi connectivity index (χ2v) is 6.29. The van der Waals surface area contributed by atoms with Crippen LogP contribution in [-0.2, 0) is 0 Å². The van der Waals surface area contributed by atoms with Gasteiger partial charge in [-0.3, -0.25) is 14.7 Å². The van der Waals surface area contributed by atoms with E-state index in [-0.39, 0.29) is 11.9 Å². The highest BCUT2D eigenvalue weighted by atomic mass is 79.9. The van der Waals surface area contributed by atoms with Gasteiger partial charge in [0.2, 0.25) is 0 Å². The number of nitrogens with zero attached hydrogens (tertiary/aromatic N) is 2. The Morgan fingerprint density at radius 3 is 2.91 bits per heavy atom. The molecule has 0 radical (unpaired) electrons. The molecule has 3 rings (SSSR count). The number of aromatic nitrogens is 1. The number of rotatable bonds is 5. The van der Waals surface area contributed by atoms with E-state index in [9.17, 15) is 4.79 Å². The lowest BCUT2D eigenvalue weighted by Gasteiger charge is -2.26. The average molecular weight is 364 g/mol. The zero-order chi connectivity index (χ0) is 15.4. The normalized spacial score (nSPS) is 16.6. The van der Waals surface area contributed by atoms with Crippen molar-refractivity contribution in [1.82, 2.24) is 15.2 Å². The van der Waals surface area contributed by atoms with E-state index in [1.165, 1.54) is 12.8 Å². The molecule has 2 aromatic rings. The van der Waals surface area contributed by atoms with Crippen molar-refractivity contribution in [3.8, 4) is 0 Å². The van der Waals surface area contributed by atoms with Crippen molar-refractivity contribution >= 4 is 21.8 Å². The van der Waals surface area contributed by atoms with Gasteiger partial charge in [-0.15, -0.1) is 0 Å². The first-order valence-corrected chi connectivity index (χ1v) is 8.19. The van der Waals surface area contributed by atoms with Crippen LogP contribution >= 0.6 is 15.9 Å². The molecule has 116 valence electrons. The molecule has 1 amide bonds. The quantitative estimate of drug-likeness (QED) is 0.886. The largest absolute Gasteiger partial charge is 0.468 e. The van der Waals surface area contributed by atoms with Gasteiger partial charge in [0.1, 0.15) is 5.76 Å². The number of pyridine rings is 1. The first-order valence-electron chi connectivity index (χ1n) is 7.40. The number of hydrogen-bond acceptors (Lipinski definition) is 4.